The molecule has 1 aliphatic rings. The molecule has 1 atom stereocenters. The number of nitrogens with one attached hydrogen (secondary N) is 1. The molecule has 2 nitrogen and oxygen atoms in total. The van der Waals surface area contributed by atoms with Crippen molar-refractivity contribution in [3.63, 3.8) is 0 Å². The second-order valence-corrected chi connectivity index (χ2v) is 6.24. The fourth-order valence-electron chi connectivity index (χ4n) is 3.04. The summed E-state index contributed by atoms with van der Waals surface area (Å²) in [6, 6.07) is 9.51. The molecule has 20 heavy (non-hydrogen) atoms. The first-order valence-corrected chi connectivity index (χ1v) is 8.29. The molecule has 0 spiro atoms. The van der Waals surface area contributed by atoms with Crippen LogP contribution in [0.2, 0.25) is 0 Å². The molecule has 0 radical (unpaired) electrons. The van der Waals surface area contributed by atoms with Gasteiger partial charge < -0.3 is 5.32 Å². The zero-order valence-electron chi connectivity index (χ0n) is 13.4. The summed E-state index contributed by atoms with van der Waals surface area (Å²) in [6.45, 7) is 10.1. The third kappa shape index (κ3) is 4.52. The molecule has 2 rings (SSSR count). The van der Waals surface area contributed by atoms with Gasteiger partial charge in [-0.3, -0.25) is 4.90 Å². The Morgan fingerprint density at radius 3 is 2.60 bits per heavy atom. The first kappa shape index (κ1) is 15.4. The summed E-state index contributed by atoms with van der Waals surface area (Å²) in [7, 11) is 0. The average Bonchev–Trinajstić information content (AvgIpc) is 2.41. The summed E-state index contributed by atoms with van der Waals surface area (Å²) in [6.07, 6.45) is 5.64. The second kappa shape index (κ2) is 7.68. The first-order chi connectivity index (χ1) is 9.71. The topological polar surface area (TPSA) is 15.3 Å². The number of benzene rings is 1. The maximum absolute atomic E-state index is 3.67. The van der Waals surface area contributed by atoms with Crippen molar-refractivity contribution in [2.45, 2.75) is 59.0 Å². The normalized spacial score (nSPS) is 17.0. The third-order valence-corrected chi connectivity index (χ3v) is 4.55. The Bertz CT molecular complexity index is 394. The van der Waals surface area contributed by atoms with Crippen molar-refractivity contribution in [2.75, 3.05) is 18.4 Å². The lowest BCUT2D eigenvalue weighted by atomic mass is 9.81. The van der Waals surface area contributed by atoms with E-state index in [-0.39, 0.29) is 0 Å². The molecule has 1 fully saturated rings. The molecule has 1 aromatic carbocycles. The summed E-state index contributed by atoms with van der Waals surface area (Å²) in [5.41, 5.74) is 2.69. The van der Waals surface area contributed by atoms with Crippen molar-refractivity contribution in [3.8, 4) is 0 Å². The Labute approximate surface area is 124 Å². The van der Waals surface area contributed by atoms with Crippen LogP contribution in [0, 0.1) is 5.92 Å². The van der Waals surface area contributed by atoms with Crippen LogP contribution in [0.25, 0.3) is 0 Å². The van der Waals surface area contributed by atoms with E-state index in [1.165, 1.54) is 36.9 Å². The average molecular weight is 274 g/mol. The van der Waals surface area contributed by atoms with Gasteiger partial charge in [-0.15, -0.1) is 0 Å². The third-order valence-electron chi connectivity index (χ3n) is 4.55. The van der Waals surface area contributed by atoms with Crippen LogP contribution in [-0.4, -0.2) is 24.0 Å². The molecule has 1 N–H and O–H groups in total. The highest BCUT2D eigenvalue weighted by atomic mass is 15.1. The summed E-state index contributed by atoms with van der Waals surface area (Å²) < 4.78 is 0. The highest BCUT2D eigenvalue weighted by molar-refractivity contribution is 5.46. The number of hydrogen-bond donors (Lipinski definition) is 1. The van der Waals surface area contributed by atoms with E-state index < -0.39 is 0 Å². The van der Waals surface area contributed by atoms with Crippen molar-refractivity contribution < 1.29 is 0 Å². The fourth-order valence-corrected chi connectivity index (χ4v) is 3.04. The van der Waals surface area contributed by atoms with E-state index in [2.05, 4.69) is 55.3 Å². The Balaban J connectivity index is 1.87. The summed E-state index contributed by atoms with van der Waals surface area (Å²) in [5.74, 6) is 0.969. The van der Waals surface area contributed by atoms with Gasteiger partial charge in [0, 0.05) is 18.3 Å². The van der Waals surface area contributed by atoms with E-state index in [1.807, 2.05) is 0 Å². The standard InChI is InChI=1S/C18H30N2/c1-4-20(5-2)14-17-10-7-11-18(13-17)19-15(3)12-16-8-6-9-16/h7,10-11,13,15-16,19H,4-6,8-9,12,14H2,1-3H3. The van der Waals surface area contributed by atoms with Crippen LogP contribution in [0.4, 0.5) is 5.69 Å². The lowest BCUT2D eigenvalue weighted by Crippen LogP contribution is -2.24. The van der Waals surface area contributed by atoms with Gasteiger partial charge in [0.2, 0.25) is 0 Å². The predicted molar refractivity (Wildman–Crippen MR) is 88.1 cm³/mol. The van der Waals surface area contributed by atoms with Gasteiger partial charge in [-0.2, -0.15) is 0 Å². The second-order valence-electron chi connectivity index (χ2n) is 6.24. The summed E-state index contributed by atoms with van der Waals surface area (Å²) in [4.78, 5) is 2.46. The van der Waals surface area contributed by atoms with E-state index in [4.69, 9.17) is 0 Å². The van der Waals surface area contributed by atoms with Crippen LogP contribution in [-0.2, 0) is 6.54 Å². The molecule has 1 unspecified atom stereocenters. The minimum absolute atomic E-state index is 0.587. The molecule has 0 aromatic heterocycles. The van der Waals surface area contributed by atoms with E-state index >= 15 is 0 Å². The van der Waals surface area contributed by atoms with Crippen molar-refractivity contribution in [1.29, 1.82) is 0 Å². The Hall–Kier alpha value is -1.02. The molecule has 1 aliphatic carbocycles. The number of anilines is 1. The predicted octanol–water partition coefficient (Wildman–Crippen LogP) is 4.52. The van der Waals surface area contributed by atoms with Crippen molar-refractivity contribution >= 4 is 5.69 Å². The van der Waals surface area contributed by atoms with Crippen LogP contribution in [0.3, 0.4) is 0 Å². The zero-order chi connectivity index (χ0) is 14.4. The molecular weight excluding hydrogens is 244 g/mol. The molecule has 0 bridgehead atoms. The highest BCUT2D eigenvalue weighted by Crippen LogP contribution is 2.31. The van der Waals surface area contributed by atoms with E-state index in [0.29, 0.717) is 6.04 Å². The van der Waals surface area contributed by atoms with Gasteiger partial charge in [0.1, 0.15) is 0 Å². The molecule has 2 heteroatoms. The molecule has 0 amide bonds. The molecular formula is C18H30N2. The number of nitrogens with zero attached hydrogens (tertiary/aromatic N) is 1. The number of rotatable bonds is 8. The smallest absolute Gasteiger partial charge is 0.0345 e. The lowest BCUT2D eigenvalue weighted by molar-refractivity contribution is 0.285. The quantitative estimate of drug-likeness (QED) is 0.750. The minimum atomic E-state index is 0.587. The largest absolute Gasteiger partial charge is 0.383 e. The molecule has 0 saturated heterocycles. The zero-order valence-corrected chi connectivity index (χ0v) is 13.4. The monoisotopic (exact) mass is 274 g/mol. The SMILES string of the molecule is CCN(CC)Cc1cccc(NC(C)CC2CCC2)c1. The lowest BCUT2D eigenvalue weighted by Gasteiger charge is -2.29. The van der Waals surface area contributed by atoms with Crippen molar-refractivity contribution in [1.82, 2.24) is 4.90 Å². The summed E-state index contributed by atoms with van der Waals surface area (Å²) in [5, 5.41) is 3.67. The highest BCUT2D eigenvalue weighted by Gasteiger charge is 2.19. The van der Waals surface area contributed by atoms with Gasteiger partial charge >= 0.3 is 0 Å². The van der Waals surface area contributed by atoms with E-state index in [0.717, 1.165) is 25.6 Å². The molecule has 1 saturated carbocycles. The van der Waals surface area contributed by atoms with Gasteiger partial charge in [-0.05, 0) is 50.0 Å². The van der Waals surface area contributed by atoms with E-state index in [1.54, 1.807) is 0 Å². The van der Waals surface area contributed by atoms with Gasteiger partial charge in [0.15, 0.2) is 0 Å². The fraction of sp³-hybridized carbons (Fsp3) is 0.667. The van der Waals surface area contributed by atoms with Crippen molar-refractivity contribution in [2.24, 2.45) is 5.92 Å². The molecule has 0 heterocycles. The Morgan fingerprint density at radius 1 is 1.25 bits per heavy atom. The van der Waals surface area contributed by atoms with Crippen molar-refractivity contribution in [3.05, 3.63) is 29.8 Å². The van der Waals surface area contributed by atoms with Crippen LogP contribution in [0.15, 0.2) is 24.3 Å². The molecule has 112 valence electrons. The van der Waals surface area contributed by atoms with Gasteiger partial charge in [-0.25, -0.2) is 0 Å². The van der Waals surface area contributed by atoms with Crippen LogP contribution >= 0.6 is 0 Å². The number of hydrogen-bond acceptors (Lipinski definition) is 2. The Kier molecular flexibility index (Phi) is 5.90. The minimum Gasteiger partial charge on any atom is -0.383 e. The van der Waals surface area contributed by atoms with Crippen LogP contribution in [0.1, 0.15) is 52.0 Å². The molecule has 1 aromatic rings. The Morgan fingerprint density at radius 2 is 2.00 bits per heavy atom. The summed E-state index contributed by atoms with van der Waals surface area (Å²) >= 11 is 0. The van der Waals surface area contributed by atoms with Gasteiger partial charge in [0.05, 0.1) is 0 Å². The van der Waals surface area contributed by atoms with E-state index in [9.17, 15) is 0 Å². The van der Waals surface area contributed by atoms with Gasteiger partial charge in [-0.1, -0.05) is 45.2 Å². The molecule has 0 aliphatic heterocycles. The van der Waals surface area contributed by atoms with Crippen LogP contribution < -0.4 is 5.32 Å². The van der Waals surface area contributed by atoms with Crippen LogP contribution in [0.5, 0.6) is 0 Å². The van der Waals surface area contributed by atoms with Gasteiger partial charge in [0.25, 0.3) is 0 Å². The maximum atomic E-state index is 3.67. The first-order valence-electron chi connectivity index (χ1n) is 8.29. The maximum Gasteiger partial charge on any atom is 0.0345 e.